The van der Waals surface area contributed by atoms with Gasteiger partial charge < -0.3 is 4.57 Å². The van der Waals surface area contributed by atoms with Gasteiger partial charge in [0.1, 0.15) is 0 Å². The Morgan fingerprint density at radius 3 is 2.56 bits per heavy atom. The molecule has 0 unspecified atom stereocenters. The van der Waals surface area contributed by atoms with E-state index in [-0.39, 0.29) is 5.56 Å². The zero-order chi connectivity index (χ0) is 18.4. The lowest BCUT2D eigenvalue weighted by molar-refractivity contribution is 0.200. The Hall–Kier alpha value is -2.54. The van der Waals surface area contributed by atoms with Crippen LogP contribution in [-0.2, 0) is 13.6 Å². The van der Waals surface area contributed by atoms with E-state index in [1.165, 1.54) is 24.1 Å². The molecule has 1 aliphatic carbocycles. The summed E-state index contributed by atoms with van der Waals surface area (Å²) in [7, 11) is 1.80. The van der Waals surface area contributed by atoms with Crippen LogP contribution in [0.5, 0.6) is 0 Å². The average Bonchev–Trinajstić information content (AvgIpc) is 3.45. The van der Waals surface area contributed by atoms with Crippen LogP contribution in [0.3, 0.4) is 0 Å². The average molecular weight is 364 g/mol. The molecule has 0 amide bonds. The van der Waals surface area contributed by atoms with E-state index >= 15 is 0 Å². The van der Waals surface area contributed by atoms with Crippen molar-refractivity contribution in [3.8, 4) is 0 Å². The quantitative estimate of drug-likeness (QED) is 0.709. The van der Waals surface area contributed by atoms with E-state index in [1.54, 1.807) is 17.7 Å². The number of aryl methyl sites for hydroxylation is 1. The molecule has 7 nitrogen and oxygen atoms in total. The first-order valence-corrected chi connectivity index (χ1v) is 9.77. The number of rotatable bonds is 4. The second kappa shape index (κ2) is 6.56. The summed E-state index contributed by atoms with van der Waals surface area (Å²) in [5, 5.41) is 13.6. The van der Waals surface area contributed by atoms with Gasteiger partial charge >= 0.3 is 0 Å². The highest BCUT2D eigenvalue weighted by molar-refractivity contribution is 5.38. The largest absolute Gasteiger partial charge is 0.318 e. The van der Waals surface area contributed by atoms with E-state index in [4.69, 9.17) is 5.10 Å². The minimum Gasteiger partial charge on any atom is -0.318 e. The predicted molar refractivity (Wildman–Crippen MR) is 102 cm³/mol. The van der Waals surface area contributed by atoms with Crippen molar-refractivity contribution in [2.75, 3.05) is 13.1 Å². The smallest absolute Gasteiger partial charge is 0.250 e. The number of nitrogens with zero attached hydrogens (tertiary/aromatic N) is 6. The van der Waals surface area contributed by atoms with Crippen LogP contribution < -0.4 is 5.56 Å². The zero-order valence-corrected chi connectivity index (χ0v) is 15.6. The molecular weight excluding hydrogens is 340 g/mol. The fraction of sp³-hybridized carbons (Fsp3) is 0.500. The first kappa shape index (κ1) is 16.6. The second-order valence-corrected chi connectivity index (χ2v) is 7.90. The monoisotopic (exact) mass is 364 g/mol. The summed E-state index contributed by atoms with van der Waals surface area (Å²) >= 11 is 0. The van der Waals surface area contributed by atoms with Crippen molar-refractivity contribution >= 4 is 5.65 Å². The van der Waals surface area contributed by atoms with E-state index < -0.39 is 0 Å². The molecule has 1 saturated carbocycles. The molecule has 0 spiro atoms. The van der Waals surface area contributed by atoms with Crippen molar-refractivity contribution in [2.24, 2.45) is 7.05 Å². The van der Waals surface area contributed by atoms with Crippen LogP contribution in [-0.4, -0.2) is 42.4 Å². The third-order valence-electron chi connectivity index (χ3n) is 5.81. The number of hydrogen-bond donors (Lipinski definition) is 0. The standard InChI is InChI=1S/C20H24N6O/c1-24-12-14(2-7-19(24)27)13-25-10-8-16(9-11-25)20-22-21-18-6-5-17(15-3-4-15)23-26(18)20/h2,5-7,12,15-16H,3-4,8-11,13H2,1H3. The maximum atomic E-state index is 11.5. The Kier molecular flexibility index (Phi) is 4.04. The summed E-state index contributed by atoms with van der Waals surface area (Å²) < 4.78 is 3.62. The van der Waals surface area contributed by atoms with Gasteiger partial charge in [0.05, 0.1) is 5.69 Å². The lowest BCUT2D eigenvalue weighted by atomic mass is 9.96. The van der Waals surface area contributed by atoms with Gasteiger partial charge in [-0.05, 0) is 56.5 Å². The molecule has 1 saturated heterocycles. The van der Waals surface area contributed by atoms with Gasteiger partial charge in [0.15, 0.2) is 11.5 Å². The lowest BCUT2D eigenvalue weighted by Crippen LogP contribution is -2.33. The van der Waals surface area contributed by atoms with E-state index in [1.807, 2.05) is 22.8 Å². The summed E-state index contributed by atoms with van der Waals surface area (Å²) in [6, 6.07) is 7.73. The molecular formula is C20H24N6O. The molecule has 0 bridgehead atoms. The molecule has 7 heteroatoms. The summed E-state index contributed by atoms with van der Waals surface area (Å²) in [6.45, 7) is 2.92. The minimum absolute atomic E-state index is 0.0363. The number of piperidine rings is 1. The van der Waals surface area contributed by atoms with E-state index in [9.17, 15) is 4.79 Å². The van der Waals surface area contributed by atoms with Crippen LogP contribution in [0.15, 0.2) is 35.3 Å². The molecule has 0 radical (unpaired) electrons. The highest BCUT2D eigenvalue weighted by Gasteiger charge is 2.28. The number of aromatic nitrogens is 5. The van der Waals surface area contributed by atoms with Gasteiger partial charge in [0.2, 0.25) is 5.56 Å². The van der Waals surface area contributed by atoms with Crippen LogP contribution in [0.25, 0.3) is 5.65 Å². The number of likely N-dealkylation sites (tertiary alicyclic amines) is 1. The first-order chi connectivity index (χ1) is 13.2. The van der Waals surface area contributed by atoms with Gasteiger partial charge in [-0.25, -0.2) is 0 Å². The van der Waals surface area contributed by atoms with Crippen LogP contribution >= 0.6 is 0 Å². The van der Waals surface area contributed by atoms with E-state index in [2.05, 4.69) is 21.2 Å². The molecule has 0 aromatic carbocycles. The maximum absolute atomic E-state index is 11.5. The summed E-state index contributed by atoms with van der Waals surface area (Å²) in [6.07, 6.45) is 6.55. The molecule has 1 aliphatic heterocycles. The topological polar surface area (TPSA) is 68.3 Å². The van der Waals surface area contributed by atoms with E-state index in [0.717, 1.165) is 43.9 Å². The molecule has 4 heterocycles. The first-order valence-electron chi connectivity index (χ1n) is 9.77. The molecule has 5 rings (SSSR count). The highest BCUT2D eigenvalue weighted by atomic mass is 16.1. The fourth-order valence-corrected chi connectivity index (χ4v) is 4.02. The van der Waals surface area contributed by atoms with Crippen molar-refractivity contribution in [1.82, 2.24) is 29.3 Å². The van der Waals surface area contributed by atoms with Crippen molar-refractivity contribution in [3.05, 3.63) is 57.9 Å². The summed E-state index contributed by atoms with van der Waals surface area (Å²) in [5.41, 5.74) is 3.24. The van der Waals surface area contributed by atoms with E-state index in [0.29, 0.717) is 11.8 Å². The Labute approximate surface area is 157 Å². The number of hydrogen-bond acceptors (Lipinski definition) is 5. The van der Waals surface area contributed by atoms with Crippen LogP contribution in [0.2, 0.25) is 0 Å². The molecule has 0 atom stereocenters. The lowest BCUT2D eigenvalue weighted by Gasteiger charge is -2.31. The third kappa shape index (κ3) is 3.27. The fourth-order valence-electron chi connectivity index (χ4n) is 4.02. The number of pyridine rings is 1. The van der Waals surface area contributed by atoms with Gasteiger partial charge in [0, 0.05) is 37.7 Å². The predicted octanol–water partition coefficient (Wildman–Crippen LogP) is 2.08. The van der Waals surface area contributed by atoms with Gasteiger partial charge in [-0.15, -0.1) is 10.2 Å². The highest BCUT2D eigenvalue weighted by Crippen LogP contribution is 2.39. The Balaban J connectivity index is 1.28. The Morgan fingerprint density at radius 1 is 1.00 bits per heavy atom. The van der Waals surface area contributed by atoms with Crippen LogP contribution in [0.4, 0.5) is 0 Å². The minimum atomic E-state index is 0.0363. The number of fused-ring (bicyclic) bond motifs is 1. The second-order valence-electron chi connectivity index (χ2n) is 7.90. The normalized spacial score (nSPS) is 19.0. The van der Waals surface area contributed by atoms with Crippen LogP contribution in [0.1, 0.15) is 54.6 Å². The third-order valence-corrected chi connectivity index (χ3v) is 5.81. The molecule has 0 N–H and O–H groups in total. The molecule has 2 aliphatic rings. The summed E-state index contributed by atoms with van der Waals surface area (Å²) in [5.74, 6) is 2.04. The Morgan fingerprint density at radius 2 is 1.81 bits per heavy atom. The molecule has 3 aromatic rings. The zero-order valence-electron chi connectivity index (χ0n) is 15.6. The van der Waals surface area contributed by atoms with Crippen molar-refractivity contribution in [2.45, 2.75) is 44.1 Å². The van der Waals surface area contributed by atoms with Gasteiger partial charge in [-0.1, -0.05) is 6.07 Å². The maximum Gasteiger partial charge on any atom is 0.250 e. The molecule has 27 heavy (non-hydrogen) atoms. The summed E-state index contributed by atoms with van der Waals surface area (Å²) in [4.78, 5) is 14.0. The van der Waals surface area contributed by atoms with Crippen molar-refractivity contribution < 1.29 is 0 Å². The molecule has 3 aromatic heterocycles. The Bertz CT molecular complexity index is 1030. The van der Waals surface area contributed by atoms with Gasteiger partial charge in [-0.2, -0.15) is 9.61 Å². The van der Waals surface area contributed by atoms with Gasteiger partial charge in [-0.3, -0.25) is 9.69 Å². The van der Waals surface area contributed by atoms with Crippen molar-refractivity contribution in [3.63, 3.8) is 0 Å². The van der Waals surface area contributed by atoms with Crippen LogP contribution in [0, 0.1) is 0 Å². The van der Waals surface area contributed by atoms with Gasteiger partial charge in [0.25, 0.3) is 0 Å². The molecule has 2 fully saturated rings. The SMILES string of the molecule is Cn1cc(CN2CCC(c3nnc4ccc(C5CC5)nn34)CC2)ccc1=O. The van der Waals surface area contributed by atoms with Crippen molar-refractivity contribution in [1.29, 1.82) is 0 Å². The molecule has 140 valence electrons.